The van der Waals surface area contributed by atoms with E-state index in [4.69, 9.17) is 13.9 Å². The second-order valence-electron chi connectivity index (χ2n) is 11.7. The first kappa shape index (κ1) is 27.4. The fourth-order valence-electron chi connectivity index (χ4n) is 3.50. The molecule has 33 heavy (non-hydrogen) atoms. The van der Waals surface area contributed by atoms with Crippen LogP contribution in [0.25, 0.3) is 0 Å². The predicted octanol–water partition coefficient (Wildman–Crippen LogP) is 6.06. The molecular weight excluding hydrogens is 434 g/mol. The summed E-state index contributed by atoms with van der Waals surface area (Å²) in [6, 6.07) is 9.15. The Morgan fingerprint density at radius 3 is 2.15 bits per heavy atom. The van der Waals surface area contributed by atoms with Gasteiger partial charge in [-0.15, -0.1) is 0 Å². The van der Waals surface area contributed by atoms with Crippen LogP contribution in [0.4, 0.5) is 4.79 Å². The smallest absolute Gasteiger partial charge is 0.407 e. The van der Waals surface area contributed by atoms with E-state index >= 15 is 0 Å². The van der Waals surface area contributed by atoms with Crippen molar-refractivity contribution in [1.29, 1.82) is 0 Å². The van der Waals surface area contributed by atoms with Crippen LogP contribution in [0.3, 0.4) is 0 Å². The molecule has 1 aromatic rings. The largest absolute Gasteiger partial charge is 0.463 e. The zero-order valence-corrected chi connectivity index (χ0v) is 22.7. The number of nitrogens with one attached hydrogen (secondary N) is 1. The summed E-state index contributed by atoms with van der Waals surface area (Å²) in [5.41, 5.74) is 0.355. The average molecular weight is 478 g/mol. The van der Waals surface area contributed by atoms with E-state index < -0.39 is 19.8 Å². The molecule has 0 aromatic heterocycles. The zero-order chi connectivity index (χ0) is 24.9. The van der Waals surface area contributed by atoms with Gasteiger partial charge in [0, 0.05) is 6.61 Å². The van der Waals surface area contributed by atoms with Gasteiger partial charge in [0.25, 0.3) is 0 Å². The molecule has 1 fully saturated rings. The Morgan fingerprint density at radius 1 is 1.03 bits per heavy atom. The van der Waals surface area contributed by atoms with Crippen LogP contribution in [0, 0.1) is 10.8 Å². The Hall–Kier alpha value is -1.86. The predicted molar refractivity (Wildman–Crippen MR) is 133 cm³/mol. The van der Waals surface area contributed by atoms with E-state index in [1.165, 1.54) is 0 Å². The summed E-state index contributed by atoms with van der Waals surface area (Å²) in [4.78, 5) is 25.3. The fourth-order valence-corrected chi connectivity index (χ4v) is 4.56. The SMILES string of the molecule is CC(C)(C)C1(C(=O)OC[C@@H](CCO[Si](C)(C)C(C)(C)C)NC(=O)OCc2ccccc2)CC1. The van der Waals surface area contributed by atoms with Crippen molar-refractivity contribution in [3.63, 3.8) is 0 Å². The van der Waals surface area contributed by atoms with E-state index in [0.29, 0.717) is 13.0 Å². The summed E-state index contributed by atoms with van der Waals surface area (Å²) in [5, 5.41) is 2.97. The molecule has 0 heterocycles. The lowest BCUT2D eigenvalue weighted by atomic mass is 9.77. The lowest BCUT2D eigenvalue weighted by Gasteiger charge is -2.36. The van der Waals surface area contributed by atoms with Gasteiger partial charge in [0.15, 0.2) is 8.32 Å². The number of amides is 1. The molecule has 1 atom stereocenters. The van der Waals surface area contributed by atoms with Crippen molar-refractivity contribution in [3.8, 4) is 0 Å². The van der Waals surface area contributed by atoms with Gasteiger partial charge in [0.1, 0.15) is 13.2 Å². The summed E-state index contributed by atoms with van der Waals surface area (Å²) in [7, 11) is -1.91. The van der Waals surface area contributed by atoms with Gasteiger partial charge in [-0.2, -0.15) is 0 Å². The van der Waals surface area contributed by atoms with Crippen molar-refractivity contribution in [3.05, 3.63) is 35.9 Å². The molecule has 0 unspecified atom stereocenters. The lowest BCUT2D eigenvalue weighted by molar-refractivity contribution is -0.155. The molecule has 1 aliphatic rings. The summed E-state index contributed by atoms with van der Waals surface area (Å²) in [6.45, 7) is 18.0. The summed E-state index contributed by atoms with van der Waals surface area (Å²) < 4.78 is 17.4. The maximum atomic E-state index is 12.8. The quantitative estimate of drug-likeness (QED) is 0.327. The first-order valence-electron chi connectivity index (χ1n) is 12.0. The molecule has 2 rings (SSSR count). The van der Waals surface area contributed by atoms with E-state index in [2.05, 4.69) is 60.0 Å². The van der Waals surface area contributed by atoms with Gasteiger partial charge >= 0.3 is 12.1 Å². The number of alkyl carbamates (subject to hydrolysis) is 1. The molecule has 1 aromatic carbocycles. The highest BCUT2D eigenvalue weighted by molar-refractivity contribution is 6.74. The third kappa shape index (κ3) is 7.57. The maximum Gasteiger partial charge on any atom is 0.407 e. The van der Waals surface area contributed by atoms with Crippen LogP contribution in [0.1, 0.15) is 66.4 Å². The number of rotatable bonds is 10. The van der Waals surface area contributed by atoms with Crippen molar-refractivity contribution in [2.45, 2.75) is 91.6 Å². The molecule has 0 spiro atoms. The van der Waals surface area contributed by atoms with Crippen LogP contribution in [0.15, 0.2) is 30.3 Å². The molecule has 186 valence electrons. The number of hydrogen-bond acceptors (Lipinski definition) is 5. The average Bonchev–Trinajstić information content (AvgIpc) is 3.52. The Bertz CT molecular complexity index is 791. The van der Waals surface area contributed by atoms with Gasteiger partial charge in [0.2, 0.25) is 0 Å². The molecule has 0 radical (unpaired) electrons. The number of ether oxygens (including phenoxy) is 2. The first-order chi connectivity index (χ1) is 15.2. The summed E-state index contributed by atoms with van der Waals surface area (Å²) in [6.07, 6.45) is 1.72. The highest BCUT2D eigenvalue weighted by atomic mass is 28.4. The monoisotopic (exact) mass is 477 g/mol. The van der Waals surface area contributed by atoms with E-state index in [-0.39, 0.29) is 35.7 Å². The van der Waals surface area contributed by atoms with Crippen LogP contribution >= 0.6 is 0 Å². The molecule has 1 saturated carbocycles. The summed E-state index contributed by atoms with van der Waals surface area (Å²) in [5.74, 6) is -0.176. The zero-order valence-electron chi connectivity index (χ0n) is 21.7. The maximum absolute atomic E-state index is 12.8. The minimum absolute atomic E-state index is 0.0993. The minimum atomic E-state index is -1.91. The Balaban J connectivity index is 1.95. The second kappa shape index (κ2) is 10.6. The van der Waals surface area contributed by atoms with E-state index in [1.54, 1.807) is 0 Å². The second-order valence-corrected chi connectivity index (χ2v) is 16.5. The topological polar surface area (TPSA) is 73.9 Å². The molecule has 7 heteroatoms. The van der Waals surface area contributed by atoms with Crippen molar-refractivity contribution in [1.82, 2.24) is 5.32 Å². The Kier molecular flexibility index (Phi) is 8.79. The molecule has 0 saturated heterocycles. The van der Waals surface area contributed by atoms with Crippen LogP contribution < -0.4 is 5.32 Å². The third-order valence-corrected chi connectivity index (χ3v) is 11.8. The van der Waals surface area contributed by atoms with Gasteiger partial charge in [-0.05, 0) is 48.4 Å². The van der Waals surface area contributed by atoms with Crippen LogP contribution in [-0.2, 0) is 25.3 Å². The minimum Gasteiger partial charge on any atom is -0.463 e. The van der Waals surface area contributed by atoms with Gasteiger partial charge in [-0.3, -0.25) is 4.79 Å². The van der Waals surface area contributed by atoms with Crippen LogP contribution in [-0.4, -0.2) is 39.6 Å². The van der Waals surface area contributed by atoms with Gasteiger partial charge in [0.05, 0.1) is 11.5 Å². The molecule has 1 aliphatic carbocycles. The molecule has 0 bridgehead atoms. The van der Waals surface area contributed by atoms with Crippen LogP contribution in [0.5, 0.6) is 0 Å². The van der Waals surface area contributed by atoms with E-state index in [0.717, 1.165) is 18.4 Å². The highest BCUT2D eigenvalue weighted by Crippen LogP contribution is 2.59. The highest BCUT2D eigenvalue weighted by Gasteiger charge is 2.59. The fraction of sp³-hybridized carbons (Fsp3) is 0.692. The Morgan fingerprint density at radius 2 is 1.64 bits per heavy atom. The normalized spacial score (nSPS) is 16.6. The van der Waals surface area contributed by atoms with Gasteiger partial charge in [-0.1, -0.05) is 71.9 Å². The van der Waals surface area contributed by atoms with Crippen molar-refractivity contribution < 1.29 is 23.5 Å². The first-order valence-corrected chi connectivity index (χ1v) is 14.9. The van der Waals surface area contributed by atoms with Crippen LogP contribution in [0.2, 0.25) is 18.1 Å². The molecule has 0 aliphatic heterocycles. The van der Waals surface area contributed by atoms with Crippen molar-refractivity contribution in [2.75, 3.05) is 13.2 Å². The number of carbonyl (C=O) groups is 2. The molecule has 1 N–H and O–H groups in total. The molecule has 1 amide bonds. The molecular formula is C26H43NO5Si. The number of esters is 1. The van der Waals surface area contributed by atoms with E-state index in [9.17, 15) is 9.59 Å². The van der Waals surface area contributed by atoms with E-state index in [1.807, 2.05) is 30.3 Å². The van der Waals surface area contributed by atoms with Gasteiger partial charge < -0.3 is 19.2 Å². The number of benzene rings is 1. The third-order valence-electron chi connectivity index (χ3n) is 7.26. The number of hydrogen-bond donors (Lipinski definition) is 1. The summed E-state index contributed by atoms with van der Waals surface area (Å²) >= 11 is 0. The lowest BCUT2D eigenvalue weighted by Crippen LogP contribution is -2.44. The standard InChI is InChI=1S/C26H43NO5Si/c1-24(2,3)26(15-16-26)22(28)30-19-21(14-17-32-33(7,8)25(4,5)6)27-23(29)31-18-20-12-10-9-11-13-20/h9-13,21H,14-19H2,1-8H3,(H,27,29)/t21-/m1/s1. The van der Waals surface area contributed by atoms with Crippen molar-refractivity contribution >= 4 is 20.4 Å². The molecule has 6 nitrogen and oxygen atoms in total. The Labute approximate surface area is 200 Å². The number of carbonyl (C=O) groups excluding carboxylic acids is 2. The van der Waals surface area contributed by atoms with Crippen molar-refractivity contribution in [2.24, 2.45) is 10.8 Å². The van der Waals surface area contributed by atoms with Gasteiger partial charge in [-0.25, -0.2) is 4.79 Å².